The number of aromatic nitrogens is 3. The third kappa shape index (κ3) is 2.76. The average Bonchev–Trinajstić information content (AvgIpc) is 3.18. The van der Waals surface area contributed by atoms with E-state index in [0.29, 0.717) is 11.7 Å². The minimum Gasteiger partial charge on any atom is -0.357 e. The fourth-order valence-electron chi connectivity index (χ4n) is 2.90. The van der Waals surface area contributed by atoms with Gasteiger partial charge >= 0.3 is 0 Å². The molecule has 5 nitrogen and oxygen atoms in total. The Morgan fingerprint density at radius 1 is 1.40 bits per heavy atom. The van der Waals surface area contributed by atoms with Crippen LogP contribution in [0.4, 0.5) is 0 Å². The number of carbonyl (C=O) groups is 1. The van der Waals surface area contributed by atoms with Crippen LogP contribution < -0.4 is 0 Å². The van der Waals surface area contributed by atoms with Crippen molar-refractivity contribution in [2.24, 2.45) is 0 Å². The number of aryl methyl sites for hydroxylation is 1. The first-order valence-electron chi connectivity index (χ1n) is 7.26. The maximum Gasteiger partial charge on any atom is 0.270 e. The van der Waals surface area contributed by atoms with E-state index in [1.54, 1.807) is 12.4 Å². The van der Waals surface area contributed by atoms with E-state index in [0.717, 1.165) is 32.4 Å². The van der Waals surface area contributed by atoms with E-state index < -0.39 is 0 Å². The second-order valence-electron chi connectivity index (χ2n) is 5.29. The zero-order valence-electron chi connectivity index (χ0n) is 11.5. The number of hydrogen-bond acceptors (Lipinski definition) is 2. The lowest BCUT2D eigenvalue weighted by molar-refractivity contribution is 0.0588. The molecule has 2 aromatic rings. The molecule has 5 heteroatoms. The van der Waals surface area contributed by atoms with Crippen LogP contribution in [0.5, 0.6) is 0 Å². The first-order valence-corrected chi connectivity index (χ1v) is 7.26. The number of H-pyrrole nitrogens is 1. The van der Waals surface area contributed by atoms with Gasteiger partial charge in [-0.05, 0) is 43.9 Å². The van der Waals surface area contributed by atoms with E-state index in [1.807, 2.05) is 34.0 Å². The van der Waals surface area contributed by atoms with Gasteiger partial charge < -0.3 is 9.88 Å². The molecule has 1 N–H and O–H groups in total. The van der Waals surface area contributed by atoms with Crippen molar-refractivity contribution in [1.82, 2.24) is 19.7 Å². The Balaban J connectivity index is 1.66. The number of likely N-dealkylation sites (tertiary alicyclic amines) is 1. The summed E-state index contributed by atoms with van der Waals surface area (Å²) in [6.45, 7) is 1.73. The molecule has 0 bridgehead atoms. The molecule has 3 heterocycles. The summed E-state index contributed by atoms with van der Waals surface area (Å²) >= 11 is 0. The van der Waals surface area contributed by atoms with E-state index in [9.17, 15) is 4.79 Å². The molecule has 20 heavy (non-hydrogen) atoms. The van der Waals surface area contributed by atoms with Crippen LogP contribution in [0.2, 0.25) is 0 Å². The molecular weight excluding hydrogens is 252 g/mol. The van der Waals surface area contributed by atoms with Crippen LogP contribution in [0.25, 0.3) is 0 Å². The smallest absolute Gasteiger partial charge is 0.270 e. The van der Waals surface area contributed by atoms with Crippen molar-refractivity contribution in [3.8, 4) is 0 Å². The fourth-order valence-corrected chi connectivity index (χ4v) is 2.90. The van der Waals surface area contributed by atoms with E-state index >= 15 is 0 Å². The highest BCUT2D eigenvalue weighted by atomic mass is 16.2. The topological polar surface area (TPSA) is 53.9 Å². The predicted octanol–water partition coefficient (Wildman–Crippen LogP) is 2.30. The zero-order valence-corrected chi connectivity index (χ0v) is 11.5. The Labute approximate surface area is 118 Å². The predicted molar refractivity (Wildman–Crippen MR) is 76.3 cm³/mol. The minimum atomic E-state index is 0.125. The van der Waals surface area contributed by atoms with Crippen LogP contribution in [-0.4, -0.2) is 38.2 Å². The first kappa shape index (κ1) is 13.0. The third-order valence-corrected chi connectivity index (χ3v) is 3.97. The number of hydrogen-bond donors (Lipinski definition) is 1. The summed E-state index contributed by atoms with van der Waals surface area (Å²) in [4.78, 5) is 17.5. The van der Waals surface area contributed by atoms with Crippen molar-refractivity contribution >= 4 is 5.91 Å². The SMILES string of the molecule is O=C(c1ccc[nH]1)N1CCCC[C@H]1CCn1cccn1. The number of amides is 1. The number of aromatic amines is 1. The highest BCUT2D eigenvalue weighted by Gasteiger charge is 2.27. The van der Waals surface area contributed by atoms with Gasteiger partial charge in [-0.3, -0.25) is 9.48 Å². The Hall–Kier alpha value is -2.04. The monoisotopic (exact) mass is 272 g/mol. The van der Waals surface area contributed by atoms with Crippen LogP contribution in [0.15, 0.2) is 36.8 Å². The minimum absolute atomic E-state index is 0.125. The van der Waals surface area contributed by atoms with Crippen LogP contribution in [0.1, 0.15) is 36.2 Å². The molecular formula is C15H20N4O. The molecule has 1 fully saturated rings. The molecule has 1 aliphatic rings. The van der Waals surface area contributed by atoms with Gasteiger partial charge in [0.25, 0.3) is 5.91 Å². The van der Waals surface area contributed by atoms with Gasteiger partial charge in [0.1, 0.15) is 5.69 Å². The largest absolute Gasteiger partial charge is 0.357 e. The lowest BCUT2D eigenvalue weighted by Crippen LogP contribution is -2.44. The van der Waals surface area contributed by atoms with Crippen molar-refractivity contribution in [3.63, 3.8) is 0 Å². The van der Waals surface area contributed by atoms with Crippen molar-refractivity contribution < 1.29 is 4.79 Å². The first-order chi connectivity index (χ1) is 9.84. The van der Waals surface area contributed by atoms with Crippen LogP contribution in [0, 0.1) is 0 Å². The van der Waals surface area contributed by atoms with Gasteiger partial charge in [0.15, 0.2) is 0 Å². The van der Waals surface area contributed by atoms with Crippen molar-refractivity contribution in [3.05, 3.63) is 42.5 Å². The molecule has 1 amide bonds. The van der Waals surface area contributed by atoms with Crippen LogP contribution in [-0.2, 0) is 6.54 Å². The quantitative estimate of drug-likeness (QED) is 0.928. The molecule has 0 spiro atoms. The standard InChI is InChI=1S/C15H20N4O/c20-15(14-6-3-8-16-14)19-11-2-1-5-13(19)7-12-18-10-4-9-17-18/h3-4,6,8-10,13,16H,1-2,5,7,11-12H2/t13-/m0/s1. The van der Waals surface area contributed by atoms with Gasteiger partial charge in [0.05, 0.1) is 0 Å². The van der Waals surface area contributed by atoms with E-state index in [-0.39, 0.29) is 5.91 Å². The molecule has 1 aliphatic heterocycles. The van der Waals surface area contributed by atoms with E-state index in [2.05, 4.69) is 10.1 Å². The maximum atomic E-state index is 12.5. The van der Waals surface area contributed by atoms with Gasteiger partial charge in [0, 0.05) is 37.7 Å². The summed E-state index contributed by atoms with van der Waals surface area (Å²) in [5, 5.41) is 4.23. The molecule has 0 radical (unpaired) electrons. The summed E-state index contributed by atoms with van der Waals surface area (Å²) in [5.74, 6) is 0.125. The average molecular weight is 272 g/mol. The second-order valence-corrected chi connectivity index (χ2v) is 5.29. The van der Waals surface area contributed by atoms with E-state index in [1.165, 1.54) is 6.42 Å². The highest BCUT2D eigenvalue weighted by Crippen LogP contribution is 2.22. The Bertz CT molecular complexity index is 532. The molecule has 0 aliphatic carbocycles. The molecule has 1 saturated heterocycles. The van der Waals surface area contributed by atoms with E-state index in [4.69, 9.17) is 0 Å². The lowest BCUT2D eigenvalue weighted by Gasteiger charge is -2.35. The maximum absolute atomic E-state index is 12.5. The number of rotatable bonds is 4. The Morgan fingerprint density at radius 2 is 2.35 bits per heavy atom. The summed E-state index contributed by atoms with van der Waals surface area (Å²) < 4.78 is 1.94. The van der Waals surface area contributed by atoms with Crippen LogP contribution >= 0.6 is 0 Å². The summed E-state index contributed by atoms with van der Waals surface area (Å²) in [5.41, 5.74) is 0.691. The highest BCUT2D eigenvalue weighted by molar-refractivity contribution is 5.92. The number of piperidine rings is 1. The molecule has 106 valence electrons. The van der Waals surface area contributed by atoms with Gasteiger partial charge in [-0.25, -0.2) is 0 Å². The van der Waals surface area contributed by atoms with Crippen LogP contribution in [0.3, 0.4) is 0 Å². The number of nitrogens with zero attached hydrogens (tertiary/aromatic N) is 3. The third-order valence-electron chi connectivity index (χ3n) is 3.97. The van der Waals surface area contributed by atoms with Gasteiger partial charge in [-0.15, -0.1) is 0 Å². The van der Waals surface area contributed by atoms with Gasteiger partial charge in [-0.1, -0.05) is 0 Å². The molecule has 0 aromatic carbocycles. The molecule has 0 unspecified atom stereocenters. The lowest BCUT2D eigenvalue weighted by atomic mass is 9.99. The summed E-state index contributed by atoms with van der Waals surface area (Å²) in [6, 6.07) is 5.98. The molecule has 2 aromatic heterocycles. The van der Waals surface area contributed by atoms with Gasteiger partial charge in [-0.2, -0.15) is 5.10 Å². The number of carbonyl (C=O) groups excluding carboxylic acids is 1. The summed E-state index contributed by atoms with van der Waals surface area (Å²) in [6.07, 6.45) is 9.93. The van der Waals surface area contributed by atoms with Crippen molar-refractivity contribution in [2.75, 3.05) is 6.54 Å². The fraction of sp³-hybridized carbons (Fsp3) is 0.467. The number of nitrogens with one attached hydrogen (secondary N) is 1. The Morgan fingerprint density at radius 3 is 3.10 bits per heavy atom. The normalized spacial score (nSPS) is 19.2. The van der Waals surface area contributed by atoms with Crippen molar-refractivity contribution in [1.29, 1.82) is 0 Å². The summed E-state index contributed by atoms with van der Waals surface area (Å²) in [7, 11) is 0. The Kier molecular flexibility index (Phi) is 3.85. The molecule has 0 saturated carbocycles. The zero-order chi connectivity index (χ0) is 13.8. The molecule has 1 atom stereocenters. The van der Waals surface area contributed by atoms with Gasteiger partial charge in [0.2, 0.25) is 0 Å². The second kappa shape index (κ2) is 5.94. The van der Waals surface area contributed by atoms with Crippen molar-refractivity contribution in [2.45, 2.75) is 38.3 Å². The molecule has 3 rings (SSSR count).